The Morgan fingerprint density at radius 1 is 1.15 bits per heavy atom. The number of amides is 1. The summed E-state index contributed by atoms with van der Waals surface area (Å²) in [5, 5.41) is 12.1. The molecule has 2 aromatic heterocycles. The minimum atomic E-state index is -0.131. The molecule has 0 unspecified atom stereocenters. The number of hydrogen-bond acceptors (Lipinski definition) is 4. The number of halogens is 1. The lowest BCUT2D eigenvalue weighted by molar-refractivity contribution is 0.0943. The van der Waals surface area contributed by atoms with E-state index in [1.807, 2.05) is 61.6 Å². The zero-order valence-electron chi connectivity index (χ0n) is 15.2. The van der Waals surface area contributed by atoms with Crippen LogP contribution in [-0.4, -0.2) is 31.5 Å². The number of fused-ring (bicyclic) bond motifs is 3. The second kappa shape index (κ2) is 6.63. The maximum atomic E-state index is 12.5. The van der Waals surface area contributed by atoms with Crippen LogP contribution < -0.4 is 5.32 Å². The summed E-state index contributed by atoms with van der Waals surface area (Å²) in [5.74, 6) is 0.487. The van der Waals surface area contributed by atoms with Crippen molar-refractivity contribution in [2.24, 2.45) is 0 Å². The van der Waals surface area contributed by atoms with Crippen LogP contribution in [0.5, 0.6) is 0 Å². The van der Waals surface area contributed by atoms with E-state index in [1.165, 1.54) is 0 Å². The lowest BCUT2D eigenvalue weighted by Crippen LogP contribution is -2.30. The Morgan fingerprint density at radius 2 is 1.93 bits per heavy atom. The molecule has 0 aliphatic rings. The van der Waals surface area contributed by atoms with Gasteiger partial charge in [0.15, 0.2) is 11.5 Å². The van der Waals surface area contributed by atoms with E-state index in [4.69, 9.17) is 11.6 Å². The summed E-state index contributed by atoms with van der Waals surface area (Å²) in [4.78, 5) is 17.1. The predicted molar refractivity (Wildman–Crippen MR) is 106 cm³/mol. The Hall–Kier alpha value is -2.99. The zero-order valence-corrected chi connectivity index (χ0v) is 15.9. The Kier molecular flexibility index (Phi) is 4.28. The molecule has 27 heavy (non-hydrogen) atoms. The highest BCUT2D eigenvalue weighted by atomic mass is 35.5. The predicted octanol–water partition coefficient (Wildman–Crippen LogP) is 4.04. The smallest absolute Gasteiger partial charge is 0.251 e. The highest BCUT2D eigenvalue weighted by Gasteiger charge is 2.17. The van der Waals surface area contributed by atoms with Crippen molar-refractivity contribution in [2.75, 3.05) is 0 Å². The third-order valence-corrected chi connectivity index (χ3v) is 4.62. The summed E-state index contributed by atoms with van der Waals surface area (Å²) in [5.41, 5.74) is 4.24. The van der Waals surface area contributed by atoms with Crippen LogP contribution >= 0.6 is 11.6 Å². The summed E-state index contributed by atoms with van der Waals surface area (Å²) in [6, 6.07) is 13.0. The number of nitrogens with zero attached hydrogens (tertiary/aromatic N) is 4. The molecule has 6 nitrogen and oxygen atoms in total. The molecule has 0 saturated carbocycles. The molecule has 0 spiro atoms. The minimum absolute atomic E-state index is 0.0537. The average molecular weight is 380 g/mol. The molecule has 0 radical (unpaired) electrons. The van der Waals surface area contributed by atoms with Crippen molar-refractivity contribution < 1.29 is 4.79 Å². The topological polar surface area (TPSA) is 72.2 Å². The summed E-state index contributed by atoms with van der Waals surface area (Å²) >= 11 is 6.39. The van der Waals surface area contributed by atoms with Gasteiger partial charge in [-0.2, -0.15) is 0 Å². The highest BCUT2D eigenvalue weighted by molar-refractivity contribution is 6.33. The van der Waals surface area contributed by atoms with E-state index in [2.05, 4.69) is 20.5 Å². The molecular weight excluding hydrogens is 362 g/mol. The van der Waals surface area contributed by atoms with E-state index >= 15 is 0 Å². The number of hydrogen-bond donors (Lipinski definition) is 1. The third kappa shape index (κ3) is 3.02. The molecule has 2 aromatic carbocycles. The number of rotatable bonds is 3. The van der Waals surface area contributed by atoms with Gasteiger partial charge < -0.3 is 5.32 Å². The molecule has 0 fully saturated rings. The SMILES string of the molecule is Cc1nc2ccc(C(=O)NC(C)C)cc2n2c(-c3ccccc3Cl)nnc12. The van der Waals surface area contributed by atoms with Crippen molar-refractivity contribution in [1.82, 2.24) is 24.9 Å². The van der Waals surface area contributed by atoms with Crippen molar-refractivity contribution in [3.05, 3.63) is 58.7 Å². The van der Waals surface area contributed by atoms with Gasteiger partial charge in [0.05, 0.1) is 21.7 Å². The van der Waals surface area contributed by atoms with Gasteiger partial charge in [-0.15, -0.1) is 10.2 Å². The molecule has 136 valence electrons. The van der Waals surface area contributed by atoms with Crippen LogP contribution in [0, 0.1) is 6.92 Å². The van der Waals surface area contributed by atoms with Gasteiger partial charge >= 0.3 is 0 Å². The zero-order chi connectivity index (χ0) is 19.1. The molecule has 1 amide bonds. The largest absolute Gasteiger partial charge is 0.350 e. The quantitative estimate of drug-likeness (QED) is 0.583. The molecule has 0 aliphatic carbocycles. The van der Waals surface area contributed by atoms with Gasteiger partial charge in [0.2, 0.25) is 0 Å². The van der Waals surface area contributed by atoms with Crippen molar-refractivity contribution in [3.63, 3.8) is 0 Å². The first-order valence-electron chi connectivity index (χ1n) is 8.67. The number of nitrogens with one attached hydrogen (secondary N) is 1. The summed E-state index contributed by atoms with van der Waals surface area (Å²) < 4.78 is 1.91. The fraction of sp³-hybridized carbons (Fsp3) is 0.200. The lowest BCUT2D eigenvalue weighted by atomic mass is 10.1. The summed E-state index contributed by atoms with van der Waals surface area (Å²) in [6.07, 6.45) is 0. The van der Waals surface area contributed by atoms with Gasteiger partial charge in [-0.25, -0.2) is 4.98 Å². The van der Waals surface area contributed by atoms with E-state index in [-0.39, 0.29) is 11.9 Å². The van der Waals surface area contributed by atoms with E-state index in [1.54, 1.807) is 6.07 Å². The van der Waals surface area contributed by atoms with E-state index in [0.717, 1.165) is 22.3 Å². The number of carbonyl (C=O) groups is 1. The van der Waals surface area contributed by atoms with Gasteiger partial charge in [-0.1, -0.05) is 23.7 Å². The molecule has 1 N–H and O–H groups in total. The van der Waals surface area contributed by atoms with Crippen molar-refractivity contribution >= 4 is 34.2 Å². The average Bonchev–Trinajstić information content (AvgIpc) is 3.07. The van der Waals surface area contributed by atoms with Crippen LogP contribution in [0.15, 0.2) is 42.5 Å². The molecular formula is C20H18ClN5O. The summed E-state index contributed by atoms with van der Waals surface area (Å²) in [6.45, 7) is 5.74. The Balaban J connectivity index is 2.02. The Bertz CT molecular complexity index is 1180. The van der Waals surface area contributed by atoms with Crippen LogP contribution in [0.4, 0.5) is 0 Å². The van der Waals surface area contributed by atoms with Crippen molar-refractivity contribution in [3.8, 4) is 11.4 Å². The van der Waals surface area contributed by atoms with Gasteiger partial charge in [0, 0.05) is 17.2 Å². The van der Waals surface area contributed by atoms with E-state index < -0.39 is 0 Å². The Labute approximate surface area is 161 Å². The van der Waals surface area contributed by atoms with Crippen molar-refractivity contribution in [1.29, 1.82) is 0 Å². The van der Waals surface area contributed by atoms with Crippen LogP contribution in [-0.2, 0) is 0 Å². The Morgan fingerprint density at radius 3 is 2.67 bits per heavy atom. The molecule has 2 heterocycles. The summed E-state index contributed by atoms with van der Waals surface area (Å²) in [7, 11) is 0. The van der Waals surface area contributed by atoms with Crippen LogP contribution in [0.25, 0.3) is 28.1 Å². The monoisotopic (exact) mass is 379 g/mol. The number of carbonyl (C=O) groups excluding carboxylic acids is 1. The fourth-order valence-corrected chi connectivity index (χ4v) is 3.30. The first-order valence-corrected chi connectivity index (χ1v) is 9.05. The van der Waals surface area contributed by atoms with Gasteiger partial charge in [0.25, 0.3) is 5.91 Å². The van der Waals surface area contributed by atoms with Crippen molar-refractivity contribution in [2.45, 2.75) is 26.8 Å². The van der Waals surface area contributed by atoms with Gasteiger partial charge in [-0.05, 0) is 51.1 Å². The lowest BCUT2D eigenvalue weighted by Gasteiger charge is -2.11. The second-order valence-electron chi connectivity index (χ2n) is 6.69. The molecule has 0 bridgehead atoms. The molecule has 4 rings (SSSR count). The minimum Gasteiger partial charge on any atom is -0.350 e. The maximum Gasteiger partial charge on any atom is 0.251 e. The number of benzene rings is 2. The standard InChI is InChI=1S/C20H18ClN5O/c1-11(2)22-20(27)13-8-9-16-17(10-13)26-18(12(3)23-16)24-25-19(26)14-6-4-5-7-15(14)21/h4-11H,1-3H3,(H,22,27). The molecule has 7 heteroatoms. The molecule has 4 aromatic rings. The van der Waals surface area contributed by atoms with Crippen LogP contribution in [0.2, 0.25) is 5.02 Å². The van der Waals surface area contributed by atoms with Crippen LogP contribution in [0.1, 0.15) is 29.9 Å². The highest BCUT2D eigenvalue weighted by Crippen LogP contribution is 2.29. The van der Waals surface area contributed by atoms with Gasteiger partial charge in [-0.3, -0.25) is 9.20 Å². The van der Waals surface area contributed by atoms with E-state index in [9.17, 15) is 4.79 Å². The number of aromatic nitrogens is 4. The first-order chi connectivity index (χ1) is 13.0. The van der Waals surface area contributed by atoms with E-state index in [0.29, 0.717) is 22.1 Å². The van der Waals surface area contributed by atoms with Gasteiger partial charge in [0.1, 0.15) is 0 Å². The molecule has 0 aliphatic heterocycles. The normalized spacial score (nSPS) is 11.4. The molecule has 0 atom stereocenters. The third-order valence-electron chi connectivity index (χ3n) is 4.29. The number of aryl methyl sites for hydroxylation is 1. The second-order valence-corrected chi connectivity index (χ2v) is 7.10. The fourth-order valence-electron chi connectivity index (χ4n) is 3.08. The maximum absolute atomic E-state index is 12.5. The first kappa shape index (κ1) is 17.4. The van der Waals surface area contributed by atoms with Crippen LogP contribution in [0.3, 0.4) is 0 Å². The molecule has 0 saturated heterocycles.